The molecule has 2 heterocycles. The molecule has 1 aliphatic rings. The summed E-state index contributed by atoms with van der Waals surface area (Å²) in [4.78, 5) is 27.2. The normalized spacial score (nSPS) is 15.5. The van der Waals surface area contributed by atoms with Crippen molar-refractivity contribution in [2.45, 2.75) is 26.2 Å². The summed E-state index contributed by atoms with van der Waals surface area (Å²) < 4.78 is 0. The predicted octanol–water partition coefficient (Wildman–Crippen LogP) is 1.80. The second-order valence-electron chi connectivity index (χ2n) is 4.53. The average molecular weight is 266 g/mol. The fourth-order valence-corrected chi connectivity index (χ4v) is 2.84. The molecule has 0 aromatic carbocycles. The third-order valence-corrected chi connectivity index (χ3v) is 4.07. The van der Waals surface area contributed by atoms with E-state index in [9.17, 15) is 9.59 Å². The molecule has 5 heteroatoms. The number of carbonyl (C=O) groups is 2. The molecule has 1 fully saturated rings. The average Bonchev–Trinajstić information content (AvgIpc) is 2.83. The van der Waals surface area contributed by atoms with Gasteiger partial charge < -0.3 is 10.2 Å². The summed E-state index contributed by atoms with van der Waals surface area (Å²) in [5.41, 5.74) is 0. The van der Waals surface area contributed by atoms with Gasteiger partial charge in [0.25, 0.3) is 5.91 Å². The van der Waals surface area contributed by atoms with Gasteiger partial charge in [0.1, 0.15) is 0 Å². The summed E-state index contributed by atoms with van der Waals surface area (Å²) in [6.07, 6.45) is 3.35. The van der Waals surface area contributed by atoms with E-state index in [0.29, 0.717) is 4.88 Å². The van der Waals surface area contributed by atoms with Crippen LogP contribution in [0.3, 0.4) is 0 Å². The molecule has 1 saturated heterocycles. The first-order valence-electron chi connectivity index (χ1n) is 6.29. The molecular weight excluding hydrogens is 248 g/mol. The maximum Gasteiger partial charge on any atom is 0.261 e. The molecule has 2 rings (SSSR count). The van der Waals surface area contributed by atoms with Gasteiger partial charge in [-0.05, 0) is 38.3 Å². The monoisotopic (exact) mass is 266 g/mol. The molecule has 1 aromatic rings. The minimum absolute atomic E-state index is 0.0244. The first-order chi connectivity index (χ1) is 8.66. The van der Waals surface area contributed by atoms with Gasteiger partial charge in [0, 0.05) is 18.0 Å². The van der Waals surface area contributed by atoms with Crippen LogP contribution in [0.5, 0.6) is 0 Å². The maximum atomic E-state index is 11.9. The van der Waals surface area contributed by atoms with Crippen molar-refractivity contribution in [3.05, 3.63) is 21.9 Å². The van der Waals surface area contributed by atoms with Gasteiger partial charge in [-0.1, -0.05) is 0 Å². The number of hydrogen-bond acceptors (Lipinski definition) is 3. The van der Waals surface area contributed by atoms with E-state index in [0.717, 1.165) is 30.8 Å². The lowest BCUT2D eigenvalue weighted by Crippen LogP contribution is -2.42. The van der Waals surface area contributed by atoms with Crippen LogP contribution in [-0.2, 0) is 4.79 Å². The van der Waals surface area contributed by atoms with Gasteiger partial charge in [0.05, 0.1) is 11.4 Å². The Balaban J connectivity index is 1.80. The fraction of sp³-hybridized carbons (Fsp3) is 0.538. The lowest BCUT2D eigenvalue weighted by Gasteiger charge is -2.26. The van der Waals surface area contributed by atoms with Crippen molar-refractivity contribution in [2.75, 3.05) is 19.6 Å². The van der Waals surface area contributed by atoms with E-state index < -0.39 is 0 Å². The number of thiophene rings is 1. The number of likely N-dealkylation sites (tertiary alicyclic amines) is 1. The van der Waals surface area contributed by atoms with Gasteiger partial charge in [-0.2, -0.15) is 0 Å². The molecule has 2 amide bonds. The topological polar surface area (TPSA) is 49.4 Å². The highest BCUT2D eigenvalue weighted by Crippen LogP contribution is 2.14. The highest BCUT2D eigenvalue weighted by Gasteiger charge is 2.17. The van der Waals surface area contributed by atoms with Crippen molar-refractivity contribution in [2.24, 2.45) is 0 Å². The number of nitrogens with one attached hydrogen (secondary N) is 1. The maximum absolute atomic E-state index is 11.9. The Morgan fingerprint density at radius 3 is 2.61 bits per heavy atom. The zero-order valence-electron chi connectivity index (χ0n) is 10.6. The van der Waals surface area contributed by atoms with Crippen LogP contribution >= 0.6 is 11.3 Å². The summed E-state index contributed by atoms with van der Waals surface area (Å²) in [6, 6.07) is 3.70. The number of piperidine rings is 1. The fourth-order valence-electron chi connectivity index (χ4n) is 2.05. The Labute approximate surface area is 111 Å². The predicted molar refractivity (Wildman–Crippen MR) is 71.8 cm³/mol. The molecule has 0 aliphatic carbocycles. The second-order valence-corrected chi connectivity index (χ2v) is 5.82. The molecule has 4 nitrogen and oxygen atoms in total. The van der Waals surface area contributed by atoms with E-state index in [-0.39, 0.29) is 18.4 Å². The van der Waals surface area contributed by atoms with E-state index in [1.165, 1.54) is 17.8 Å². The standard InChI is InChI=1S/C13H18N2O2S/c1-10-5-6-11(18-10)13(17)14-9-12(16)15-7-3-2-4-8-15/h5-6H,2-4,7-9H2,1H3,(H,14,17). The molecule has 1 aliphatic heterocycles. The molecule has 0 saturated carbocycles. The van der Waals surface area contributed by atoms with Crippen LogP contribution in [0.15, 0.2) is 12.1 Å². The van der Waals surface area contributed by atoms with Crippen LogP contribution in [-0.4, -0.2) is 36.3 Å². The SMILES string of the molecule is Cc1ccc(C(=O)NCC(=O)N2CCCCC2)s1. The van der Waals surface area contributed by atoms with E-state index in [2.05, 4.69) is 5.32 Å². The third kappa shape index (κ3) is 3.32. The molecule has 1 aromatic heterocycles. The Morgan fingerprint density at radius 1 is 1.28 bits per heavy atom. The van der Waals surface area contributed by atoms with Crippen molar-refractivity contribution in [1.82, 2.24) is 10.2 Å². The van der Waals surface area contributed by atoms with Gasteiger partial charge in [-0.15, -0.1) is 11.3 Å². The first-order valence-corrected chi connectivity index (χ1v) is 7.11. The van der Waals surface area contributed by atoms with Crippen molar-refractivity contribution in [1.29, 1.82) is 0 Å². The molecular formula is C13H18N2O2S. The van der Waals surface area contributed by atoms with Gasteiger partial charge in [0.15, 0.2) is 0 Å². The molecule has 0 atom stereocenters. The van der Waals surface area contributed by atoms with E-state index >= 15 is 0 Å². The van der Waals surface area contributed by atoms with E-state index in [1.54, 1.807) is 6.07 Å². The number of rotatable bonds is 3. The van der Waals surface area contributed by atoms with Crippen molar-refractivity contribution >= 4 is 23.2 Å². The van der Waals surface area contributed by atoms with Crippen molar-refractivity contribution in [3.63, 3.8) is 0 Å². The number of hydrogen-bond donors (Lipinski definition) is 1. The Bertz CT molecular complexity index is 436. The molecule has 0 radical (unpaired) electrons. The first kappa shape index (κ1) is 13.1. The number of amides is 2. The molecule has 1 N–H and O–H groups in total. The highest BCUT2D eigenvalue weighted by atomic mass is 32.1. The molecule has 0 unspecified atom stereocenters. The minimum Gasteiger partial charge on any atom is -0.342 e. The zero-order chi connectivity index (χ0) is 13.0. The van der Waals surface area contributed by atoms with Crippen molar-refractivity contribution in [3.8, 4) is 0 Å². The van der Waals surface area contributed by atoms with Crippen LogP contribution in [0.25, 0.3) is 0 Å². The Morgan fingerprint density at radius 2 is 2.00 bits per heavy atom. The Kier molecular flexibility index (Phi) is 4.36. The minimum atomic E-state index is -0.154. The van der Waals surface area contributed by atoms with Gasteiger partial charge in [0.2, 0.25) is 5.91 Å². The number of nitrogens with zero attached hydrogens (tertiary/aromatic N) is 1. The second kappa shape index (κ2) is 6.00. The van der Waals surface area contributed by atoms with Crippen molar-refractivity contribution < 1.29 is 9.59 Å². The lowest BCUT2D eigenvalue weighted by molar-refractivity contribution is -0.130. The summed E-state index contributed by atoms with van der Waals surface area (Å²) >= 11 is 1.45. The largest absolute Gasteiger partial charge is 0.342 e. The molecule has 0 bridgehead atoms. The third-order valence-electron chi connectivity index (χ3n) is 3.07. The van der Waals surface area contributed by atoms with Crippen LogP contribution in [0.2, 0.25) is 0 Å². The summed E-state index contributed by atoms with van der Waals surface area (Å²) in [5.74, 6) is -0.130. The van der Waals surface area contributed by atoms with Crippen LogP contribution in [0.4, 0.5) is 0 Å². The van der Waals surface area contributed by atoms with Crippen LogP contribution < -0.4 is 5.32 Å². The zero-order valence-corrected chi connectivity index (χ0v) is 11.4. The van der Waals surface area contributed by atoms with Crippen LogP contribution in [0, 0.1) is 6.92 Å². The molecule has 98 valence electrons. The summed E-state index contributed by atoms with van der Waals surface area (Å²) in [6.45, 7) is 3.72. The van der Waals surface area contributed by atoms with Gasteiger partial charge >= 0.3 is 0 Å². The highest BCUT2D eigenvalue weighted by molar-refractivity contribution is 7.13. The number of aryl methyl sites for hydroxylation is 1. The Hall–Kier alpha value is -1.36. The van der Waals surface area contributed by atoms with Gasteiger partial charge in [-0.3, -0.25) is 9.59 Å². The molecule has 0 spiro atoms. The smallest absolute Gasteiger partial charge is 0.261 e. The lowest BCUT2D eigenvalue weighted by atomic mass is 10.1. The van der Waals surface area contributed by atoms with E-state index in [4.69, 9.17) is 0 Å². The molecule has 18 heavy (non-hydrogen) atoms. The van der Waals surface area contributed by atoms with E-state index in [1.807, 2.05) is 17.9 Å². The summed E-state index contributed by atoms with van der Waals surface area (Å²) in [7, 11) is 0. The number of carbonyl (C=O) groups excluding carboxylic acids is 2. The quantitative estimate of drug-likeness (QED) is 0.907. The van der Waals surface area contributed by atoms with Gasteiger partial charge in [-0.25, -0.2) is 0 Å². The summed E-state index contributed by atoms with van der Waals surface area (Å²) in [5, 5.41) is 2.69. The van der Waals surface area contributed by atoms with Crippen LogP contribution in [0.1, 0.15) is 33.8 Å².